The van der Waals surface area contributed by atoms with Gasteiger partial charge in [-0.3, -0.25) is 18.8 Å². The number of methoxy groups -OCH3 is 1. The standard InChI is InChI=1S/C23H27N3O4/c1-30-13-12-25-21-9-5-4-8-20(21)22(28)26(23(25)29)16-19(27)15-24-11-10-17-6-2-3-7-18(17)14-24/h2-9,19,27H,10-16H2,1H3. The number of para-hydroxylation sites is 1. The molecule has 4 rings (SSSR count). The molecular weight excluding hydrogens is 382 g/mol. The summed E-state index contributed by atoms with van der Waals surface area (Å²) >= 11 is 0. The summed E-state index contributed by atoms with van der Waals surface area (Å²) in [6, 6.07) is 15.4. The van der Waals surface area contributed by atoms with Crippen molar-refractivity contribution >= 4 is 10.9 Å². The van der Waals surface area contributed by atoms with Crippen molar-refractivity contribution in [2.75, 3.05) is 26.8 Å². The topological polar surface area (TPSA) is 76.7 Å². The molecule has 158 valence electrons. The van der Waals surface area contributed by atoms with Gasteiger partial charge in [0.25, 0.3) is 5.56 Å². The number of benzene rings is 2. The highest BCUT2D eigenvalue weighted by Gasteiger charge is 2.21. The smallest absolute Gasteiger partial charge is 0.331 e. The fourth-order valence-corrected chi connectivity index (χ4v) is 4.21. The lowest BCUT2D eigenvalue weighted by Crippen LogP contribution is -2.45. The van der Waals surface area contributed by atoms with Gasteiger partial charge in [0.15, 0.2) is 0 Å². The fraction of sp³-hybridized carbons (Fsp3) is 0.391. The summed E-state index contributed by atoms with van der Waals surface area (Å²) in [6.07, 6.45) is 0.112. The third-order valence-electron chi connectivity index (χ3n) is 5.72. The second-order valence-electron chi connectivity index (χ2n) is 7.77. The first-order chi connectivity index (χ1) is 14.6. The summed E-state index contributed by atoms with van der Waals surface area (Å²) in [5.41, 5.74) is 2.41. The molecule has 0 bridgehead atoms. The van der Waals surface area contributed by atoms with Crippen LogP contribution in [0.5, 0.6) is 0 Å². The highest BCUT2D eigenvalue weighted by molar-refractivity contribution is 5.77. The van der Waals surface area contributed by atoms with Gasteiger partial charge in [-0.2, -0.15) is 0 Å². The van der Waals surface area contributed by atoms with E-state index in [2.05, 4.69) is 17.0 Å². The Morgan fingerprint density at radius 1 is 1.00 bits per heavy atom. The molecule has 2 heterocycles. The molecular formula is C23H27N3O4. The highest BCUT2D eigenvalue weighted by Crippen LogP contribution is 2.18. The zero-order chi connectivity index (χ0) is 21.1. The summed E-state index contributed by atoms with van der Waals surface area (Å²) in [6.45, 7) is 2.68. The minimum Gasteiger partial charge on any atom is -0.390 e. The van der Waals surface area contributed by atoms with Crippen molar-refractivity contribution in [3.05, 3.63) is 80.5 Å². The molecule has 1 unspecified atom stereocenters. The summed E-state index contributed by atoms with van der Waals surface area (Å²) in [7, 11) is 1.57. The summed E-state index contributed by atoms with van der Waals surface area (Å²) < 4.78 is 7.83. The van der Waals surface area contributed by atoms with Gasteiger partial charge in [0.05, 0.1) is 36.7 Å². The maximum absolute atomic E-state index is 13.0. The van der Waals surface area contributed by atoms with Crippen molar-refractivity contribution in [2.45, 2.75) is 32.2 Å². The van der Waals surface area contributed by atoms with Crippen LogP contribution in [0.2, 0.25) is 0 Å². The van der Waals surface area contributed by atoms with Gasteiger partial charge in [0.1, 0.15) is 0 Å². The molecule has 0 fully saturated rings. The molecule has 7 heteroatoms. The normalized spacial score (nSPS) is 15.3. The maximum atomic E-state index is 13.0. The van der Waals surface area contributed by atoms with Crippen LogP contribution in [0, 0.1) is 0 Å². The Morgan fingerprint density at radius 3 is 2.53 bits per heavy atom. The van der Waals surface area contributed by atoms with Crippen molar-refractivity contribution in [1.82, 2.24) is 14.0 Å². The Hall–Kier alpha value is -2.74. The predicted octanol–water partition coefficient (Wildman–Crippen LogP) is 1.23. The van der Waals surface area contributed by atoms with E-state index in [1.165, 1.54) is 11.1 Å². The number of ether oxygens (including phenoxy) is 1. The number of hydrogen-bond donors (Lipinski definition) is 1. The molecule has 30 heavy (non-hydrogen) atoms. The molecule has 1 aliphatic rings. The van der Waals surface area contributed by atoms with Crippen LogP contribution in [0.3, 0.4) is 0 Å². The van der Waals surface area contributed by atoms with E-state index in [4.69, 9.17) is 4.74 Å². The molecule has 1 atom stereocenters. The molecule has 0 aliphatic carbocycles. The first-order valence-corrected chi connectivity index (χ1v) is 10.3. The Balaban J connectivity index is 1.57. The van der Waals surface area contributed by atoms with Crippen LogP contribution < -0.4 is 11.2 Å². The van der Waals surface area contributed by atoms with Crippen LogP contribution >= 0.6 is 0 Å². The quantitative estimate of drug-likeness (QED) is 0.635. The summed E-state index contributed by atoms with van der Waals surface area (Å²) in [5.74, 6) is 0. The number of β-amino-alcohol motifs (C(OH)–C–C–N with tert-alkyl or cyclic N) is 1. The number of rotatable bonds is 7. The molecule has 0 saturated heterocycles. The SMILES string of the molecule is COCCn1c(=O)n(CC(O)CN2CCc3ccccc3C2)c(=O)c2ccccc21. The van der Waals surface area contributed by atoms with Gasteiger partial charge in [-0.25, -0.2) is 4.79 Å². The Morgan fingerprint density at radius 2 is 1.73 bits per heavy atom. The molecule has 0 saturated carbocycles. The number of aromatic nitrogens is 2. The van der Waals surface area contributed by atoms with E-state index in [1.54, 1.807) is 35.9 Å². The number of fused-ring (bicyclic) bond motifs is 2. The monoisotopic (exact) mass is 409 g/mol. The van der Waals surface area contributed by atoms with E-state index in [-0.39, 0.29) is 12.1 Å². The van der Waals surface area contributed by atoms with Gasteiger partial charge in [-0.1, -0.05) is 36.4 Å². The van der Waals surface area contributed by atoms with E-state index >= 15 is 0 Å². The van der Waals surface area contributed by atoms with E-state index in [0.717, 1.165) is 24.1 Å². The van der Waals surface area contributed by atoms with Crippen molar-refractivity contribution in [2.24, 2.45) is 0 Å². The lowest BCUT2D eigenvalue weighted by Gasteiger charge is -2.30. The maximum Gasteiger partial charge on any atom is 0.331 e. The lowest BCUT2D eigenvalue weighted by atomic mass is 10.00. The van der Waals surface area contributed by atoms with Crippen molar-refractivity contribution in [1.29, 1.82) is 0 Å². The molecule has 1 aromatic heterocycles. The average Bonchev–Trinajstić information content (AvgIpc) is 2.76. The second-order valence-corrected chi connectivity index (χ2v) is 7.77. The van der Waals surface area contributed by atoms with Crippen LogP contribution in [0.15, 0.2) is 58.1 Å². The molecule has 1 N–H and O–H groups in total. The lowest BCUT2D eigenvalue weighted by molar-refractivity contribution is 0.0895. The third kappa shape index (κ3) is 4.09. The minimum atomic E-state index is -0.822. The highest BCUT2D eigenvalue weighted by atomic mass is 16.5. The number of nitrogens with zero attached hydrogens (tertiary/aromatic N) is 3. The number of aliphatic hydroxyl groups excluding tert-OH is 1. The van der Waals surface area contributed by atoms with Gasteiger partial charge in [0.2, 0.25) is 0 Å². The second kappa shape index (κ2) is 8.95. The van der Waals surface area contributed by atoms with Crippen LogP contribution in [0.1, 0.15) is 11.1 Å². The van der Waals surface area contributed by atoms with Crippen LogP contribution in [-0.2, 0) is 30.8 Å². The van der Waals surface area contributed by atoms with E-state index < -0.39 is 11.8 Å². The number of hydrogen-bond acceptors (Lipinski definition) is 5. The Bertz CT molecular complexity index is 1150. The van der Waals surface area contributed by atoms with Gasteiger partial charge in [-0.05, 0) is 29.7 Å². The zero-order valence-electron chi connectivity index (χ0n) is 17.2. The van der Waals surface area contributed by atoms with Gasteiger partial charge < -0.3 is 9.84 Å². The van der Waals surface area contributed by atoms with Gasteiger partial charge >= 0.3 is 5.69 Å². The van der Waals surface area contributed by atoms with Crippen LogP contribution in [0.25, 0.3) is 10.9 Å². The van der Waals surface area contributed by atoms with Gasteiger partial charge in [-0.15, -0.1) is 0 Å². The Labute approximate surface area is 174 Å². The number of aliphatic hydroxyl groups is 1. The van der Waals surface area contributed by atoms with Crippen LogP contribution in [0.4, 0.5) is 0 Å². The molecule has 3 aromatic rings. The van der Waals surface area contributed by atoms with Crippen molar-refractivity contribution in [3.8, 4) is 0 Å². The molecule has 0 spiro atoms. The average molecular weight is 409 g/mol. The fourth-order valence-electron chi connectivity index (χ4n) is 4.21. The summed E-state index contributed by atoms with van der Waals surface area (Å²) in [4.78, 5) is 28.2. The minimum absolute atomic E-state index is 0.0341. The van der Waals surface area contributed by atoms with Gasteiger partial charge in [0, 0.05) is 26.7 Å². The zero-order valence-corrected chi connectivity index (χ0v) is 17.2. The first kappa shape index (κ1) is 20.5. The van der Waals surface area contributed by atoms with Crippen molar-refractivity contribution in [3.63, 3.8) is 0 Å². The van der Waals surface area contributed by atoms with E-state index in [9.17, 15) is 14.7 Å². The van der Waals surface area contributed by atoms with Crippen molar-refractivity contribution < 1.29 is 9.84 Å². The molecule has 0 radical (unpaired) electrons. The Kier molecular flexibility index (Phi) is 6.13. The largest absolute Gasteiger partial charge is 0.390 e. The molecule has 0 amide bonds. The van der Waals surface area contributed by atoms with Crippen LogP contribution in [-0.4, -0.2) is 52.1 Å². The molecule has 7 nitrogen and oxygen atoms in total. The molecule has 2 aromatic carbocycles. The third-order valence-corrected chi connectivity index (χ3v) is 5.72. The van der Waals surface area contributed by atoms with E-state index in [0.29, 0.717) is 30.6 Å². The molecule has 1 aliphatic heterocycles. The first-order valence-electron chi connectivity index (χ1n) is 10.3. The van der Waals surface area contributed by atoms with E-state index in [1.807, 2.05) is 12.1 Å². The summed E-state index contributed by atoms with van der Waals surface area (Å²) in [5, 5.41) is 11.2. The predicted molar refractivity (Wildman–Crippen MR) is 116 cm³/mol.